The molecule has 0 unspecified atom stereocenters. The highest BCUT2D eigenvalue weighted by Gasteiger charge is 2.18. The maximum absolute atomic E-state index is 11.8. The van der Waals surface area contributed by atoms with Gasteiger partial charge in [-0.15, -0.1) is 11.3 Å². The van der Waals surface area contributed by atoms with Gasteiger partial charge in [-0.2, -0.15) is 0 Å². The van der Waals surface area contributed by atoms with Crippen molar-refractivity contribution in [2.45, 2.75) is 19.9 Å². The van der Waals surface area contributed by atoms with Gasteiger partial charge in [-0.3, -0.25) is 9.59 Å². The average Bonchev–Trinajstić information content (AvgIpc) is 2.82. The fourth-order valence-corrected chi connectivity index (χ4v) is 2.21. The molecular weight excluding hydrogens is 284 g/mol. The number of aromatic nitrogens is 1. The summed E-state index contributed by atoms with van der Waals surface area (Å²) in [5.41, 5.74) is 4.97. The molecule has 3 amide bonds. The number of carbonyl (C=O) groups excluding carboxylic acids is 2. The second-order valence-electron chi connectivity index (χ2n) is 3.95. The highest BCUT2D eigenvalue weighted by Crippen LogP contribution is 2.12. The van der Waals surface area contributed by atoms with E-state index in [4.69, 9.17) is 10.8 Å². The van der Waals surface area contributed by atoms with Gasteiger partial charge in [-0.1, -0.05) is 6.92 Å². The van der Waals surface area contributed by atoms with Gasteiger partial charge in [0.2, 0.25) is 5.91 Å². The standard InChI is InChI=1S/C11H16N4O4S/c1-2-7-3-13-9(20-7)4-14-11(19)15(5-8(12)16)6-10(17)18/h3H,2,4-6H2,1H3,(H2,12,16)(H,14,19)(H,17,18). The van der Waals surface area contributed by atoms with Crippen LogP contribution in [0.15, 0.2) is 6.20 Å². The van der Waals surface area contributed by atoms with Crippen LogP contribution in [0.1, 0.15) is 16.8 Å². The summed E-state index contributed by atoms with van der Waals surface area (Å²) in [6, 6.07) is -0.667. The molecule has 1 aromatic rings. The van der Waals surface area contributed by atoms with Crippen molar-refractivity contribution in [1.29, 1.82) is 0 Å². The molecule has 0 aliphatic heterocycles. The summed E-state index contributed by atoms with van der Waals surface area (Å²) >= 11 is 1.46. The molecule has 0 bridgehead atoms. The number of amides is 3. The van der Waals surface area contributed by atoms with Crippen LogP contribution in [0.4, 0.5) is 4.79 Å². The van der Waals surface area contributed by atoms with E-state index >= 15 is 0 Å². The Hall–Kier alpha value is -2.16. The van der Waals surface area contributed by atoms with Gasteiger partial charge in [-0.05, 0) is 6.42 Å². The van der Waals surface area contributed by atoms with Crippen LogP contribution < -0.4 is 11.1 Å². The van der Waals surface area contributed by atoms with Gasteiger partial charge in [0.25, 0.3) is 0 Å². The minimum absolute atomic E-state index is 0.179. The summed E-state index contributed by atoms with van der Waals surface area (Å²) in [5, 5.41) is 11.9. The zero-order chi connectivity index (χ0) is 15.1. The number of aryl methyl sites for hydroxylation is 1. The number of rotatable bonds is 7. The van der Waals surface area contributed by atoms with Gasteiger partial charge in [0.15, 0.2) is 0 Å². The number of urea groups is 1. The molecule has 1 heterocycles. The number of carboxylic acid groups (broad SMARTS) is 1. The van der Waals surface area contributed by atoms with E-state index in [0.717, 1.165) is 16.2 Å². The SMILES string of the molecule is CCc1cnc(CNC(=O)N(CC(N)=O)CC(=O)O)s1. The Labute approximate surface area is 119 Å². The van der Waals surface area contributed by atoms with Crippen molar-refractivity contribution in [1.82, 2.24) is 15.2 Å². The molecule has 110 valence electrons. The smallest absolute Gasteiger partial charge is 0.323 e. The molecule has 0 saturated carbocycles. The van der Waals surface area contributed by atoms with Crippen molar-refractivity contribution in [3.05, 3.63) is 16.1 Å². The lowest BCUT2D eigenvalue weighted by atomic mass is 10.4. The van der Waals surface area contributed by atoms with E-state index in [-0.39, 0.29) is 6.54 Å². The average molecular weight is 300 g/mol. The normalized spacial score (nSPS) is 10.1. The van der Waals surface area contributed by atoms with Crippen molar-refractivity contribution in [2.24, 2.45) is 5.73 Å². The second-order valence-corrected chi connectivity index (χ2v) is 5.15. The molecular formula is C11H16N4O4S. The molecule has 0 radical (unpaired) electrons. The van der Waals surface area contributed by atoms with E-state index in [1.807, 2.05) is 6.92 Å². The Bertz CT molecular complexity index is 486. The first-order chi connectivity index (χ1) is 9.42. The van der Waals surface area contributed by atoms with Crippen molar-refractivity contribution >= 4 is 29.2 Å². The number of nitrogens with two attached hydrogens (primary N) is 1. The van der Waals surface area contributed by atoms with Gasteiger partial charge >= 0.3 is 12.0 Å². The Morgan fingerprint density at radius 1 is 1.45 bits per heavy atom. The largest absolute Gasteiger partial charge is 0.480 e. The number of nitrogens with one attached hydrogen (secondary N) is 1. The minimum Gasteiger partial charge on any atom is -0.480 e. The van der Waals surface area contributed by atoms with Gasteiger partial charge in [-0.25, -0.2) is 9.78 Å². The highest BCUT2D eigenvalue weighted by molar-refractivity contribution is 7.11. The monoisotopic (exact) mass is 300 g/mol. The van der Waals surface area contributed by atoms with Crippen LogP contribution in [0.25, 0.3) is 0 Å². The van der Waals surface area contributed by atoms with E-state index in [9.17, 15) is 14.4 Å². The first-order valence-electron chi connectivity index (χ1n) is 5.88. The molecule has 20 heavy (non-hydrogen) atoms. The maximum Gasteiger partial charge on any atom is 0.323 e. The third-order valence-electron chi connectivity index (χ3n) is 2.30. The van der Waals surface area contributed by atoms with Crippen LogP contribution in [0.5, 0.6) is 0 Å². The molecule has 0 spiro atoms. The highest BCUT2D eigenvalue weighted by atomic mass is 32.1. The quantitative estimate of drug-likeness (QED) is 0.642. The van der Waals surface area contributed by atoms with Gasteiger partial charge < -0.3 is 21.1 Å². The summed E-state index contributed by atoms with van der Waals surface area (Å²) in [7, 11) is 0. The molecule has 9 heteroatoms. The Morgan fingerprint density at radius 2 is 2.15 bits per heavy atom. The summed E-state index contributed by atoms with van der Waals surface area (Å²) in [4.78, 5) is 39.3. The molecule has 0 aliphatic carbocycles. The van der Waals surface area contributed by atoms with Crippen LogP contribution in [0.2, 0.25) is 0 Å². The lowest BCUT2D eigenvalue weighted by Crippen LogP contribution is -2.46. The third-order valence-corrected chi connectivity index (χ3v) is 3.44. The molecule has 0 aromatic carbocycles. The van der Waals surface area contributed by atoms with Crippen LogP contribution in [-0.2, 0) is 22.6 Å². The number of hydrogen-bond acceptors (Lipinski definition) is 5. The molecule has 1 rings (SSSR count). The fraction of sp³-hybridized carbons (Fsp3) is 0.455. The van der Waals surface area contributed by atoms with E-state index in [2.05, 4.69) is 10.3 Å². The molecule has 0 saturated heterocycles. The number of carboxylic acids is 1. The van der Waals surface area contributed by atoms with Gasteiger partial charge in [0.1, 0.15) is 18.1 Å². The molecule has 0 aliphatic rings. The van der Waals surface area contributed by atoms with Crippen LogP contribution in [0.3, 0.4) is 0 Å². The van der Waals surface area contributed by atoms with Crippen LogP contribution in [0, 0.1) is 0 Å². The third kappa shape index (κ3) is 5.22. The maximum atomic E-state index is 11.8. The first kappa shape index (κ1) is 15.9. The second kappa shape index (κ2) is 7.43. The van der Waals surface area contributed by atoms with Gasteiger partial charge in [0, 0.05) is 11.1 Å². The van der Waals surface area contributed by atoms with E-state index in [1.165, 1.54) is 11.3 Å². The molecule has 8 nitrogen and oxygen atoms in total. The summed E-state index contributed by atoms with van der Waals surface area (Å²) in [6.45, 7) is 1.14. The first-order valence-corrected chi connectivity index (χ1v) is 6.70. The molecule has 4 N–H and O–H groups in total. The van der Waals surface area contributed by atoms with Crippen molar-refractivity contribution < 1.29 is 19.5 Å². The van der Waals surface area contributed by atoms with Crippen molar-refractivity contribution in [3.8, 4) is 0 Å². The van der Waals surface area contributed by atoms with Crippen LogP contribution >= 0.6 is 11.3 Å². The Morgan fingerprint density at radius 3 is 2.65 bits per heavy atom. The summed E-state index contributed by atoms with van der Waals surface area (Å²) in [5.74, 6) is -1.99. The number of carbonyl (C=O) groups is 3. The van der Waals surface area contributed by atoms with Crippen molar-refractivity contribution in [3.63, 3.8) is 0 Å². The van der Waals surface area contributed by atoms with E-state index in [0.29, 0.717) is 5.01 Å². The van der Waals surface area contributed by atoms with Gasteiger partial charge in [0.05, 0.1) is 6.54 Å². The number of thiazole rings is 1. The molecule has 0 fully saturated rings. The lowest BCUT2D eigenvalue weighted by Gasteiger charge is -2.19. The topological polar surface area (TPSA) is 126 Å². The van der Waals surface area contributed by atoms with E-state index < -0.39 is 31.0 Å². The number of aliphatic carboxylic acids is 1. The lowest BCUT2D eigenvalue weighted by molar-refractivity contribution is -0.137. The number of nitrogens with zero attached hydrogens (tertiary/aromatic N) is 2. The zero-order valence-electron chi connectivity index (χ0n) is 11.0. The number of primary amides is 1. The van der Waals surface area contributed by atoms with Crippen molar-refractivity contribution in [2.75, 3.05) is 13.1 Å². The number of hydrogen-bond donors (Lipinski definition) is 3. The predicted octanol–water partition coefficient (Wildman–Crippen LogP) is -0.213. The summed E-state index contributed by atoms with van der Waals surface area (Å²) in [6.07, 6.45) is 2.59. The summed E-state index contributed by atoms with van der Waals surface area (Å²) < 4.78 is 0. The van der Waals surface area contributed by atoms with E-state index in [1.54, 1.807) is 6.20 Å². The Balaban J connectivity index is 2.56. The van der Waals surface area contributed by atoms with Crippen LogP contribution in [-0.4, -0.2) is 46.0 Å². The molecule has 0 atom stereocenters. The molecule has 1 aromatic heterocycles. The Kier molecular flexibility index (Phi) is 5.91. The fourth-order valence-electron chi connectivity index (χ4n) is 1.41. The minimum atomic E-state index is -1.22. The zero-order valence-corrected chi connectivity index (χ0v) is 11.8. The predicted molar refractivity (Wildman–Crippen MR) is 72.1 cm³/mol.